The van der Waals surface area contributed by atoms with Gasteiger partial charge in [0.25, 0.3) is 0 Å². The molecule has 0 saturated heterocycles. The molecule has 11 heavy (non-hydrogen) atoms. The molecule has 1 aromatic rings. The van der Waals surface area contributed by atoms with E-state index in [1.54, 1.807) is 6.20 Å². The van der Waals surface area contributed by atoms with Crippen LogP contribution in [0.1, 0.15) is 39.4 Å². The second-order valence-electron chi connectivity index (χ2n) is 3.99. The van der Waals surface area contributed by atoms with Crippen LogP contribution in [0.4, 0.5) is 0 Å². The minimum atomic E-state index is 0.250. The van der Waals surface area contributed by atoms with Gasteiger partial charge in [-0.25, -0.2) is 4.98 Å². The molecule has 2 heteroatoms. The van der Waals surface area contributed by atoms with Gasteiger partial charge in [-0.15, -0.1) is 0 Å². The summed E-state index contributed by atoms with van der Waals surface area (Å²) in [4.78, 5) is 3.89. The Morgan fingerprint density at radius 2 is 2.09 bits per heavy atom. The van der Waals surface area contributed by atoms with E-state index < -0.39 is 0 Å². The zero-order valence-electron chi connectivity index (χ0n) is 7.59. The van der Waals surface area contributed by atoms with Crippen molar-refractivity contribution in [1.82, 2.24) is 4.98 Å². The zero-order valence-corrected chi connectivity index (χ0v) is 7.59. The van der Waals surface area contributed by atoms with Crippen molar-refractivity contribution in [3.05, 3.63) is 18.4 Å². The Bertz CT molecular complexity index is 208. The van der Waals surface area contributed by atoms with E-state index in [0.29, 0.717) is 5.92 Å². The Hall–Kier alpha value is -0.790. The minimum absolute atomic E-state index is 0.250. The third kappa shape index (κ3) is 1.82. The van der Waals surface area contributed by atoms with E-state index in [0.717, 1.165) is 5.76 Å². The molecule has 0 spiro atoms. The van der Waals surface area contributed by atoms with Gasteiger partial charge in [-0.3, -0.25) is 0 Å². The van der Waals surface area contributed by atoms with Gasteiger partial charge >= 0.3 is 0 Å². The number of oxazole rings is 1. The molecule has 0 aromatic carbocycles. The molecule has 1 rings (SSSR count). The number of rotatable bonds is 1. The van der Waals surface area contributed by atoms with E-state index in [1.807, 2.05) is 0 Å². The normalized spacial score (nSPS) is 14.9. The topological polar surface area (TPSA) is 26.0 Å². The molecule has 0 aliphatic carbocycles. The van der Waals surface area contributed by atoms with Crippen LogP contribution in [0.15, 0.2) is 17.0 Å². The smallest absolute Gasteiger partial charge is 0.180 e. The molecule has 1 aromatic heterocycles. The Morgan fingerprint density at radius 3 is 2.45 bits per heavy atom. The Balaban J connectivity index is 2.78. The predicted octanol–water partition coefficient (Wildman–Crippen LogP) is 2.82. The highest BCUT2D eigenvalue weighted by atomic mass is 16.3. The van der Waals surface area contributed by atoms with Gasteiger partial charge in [0.1, 0.15) is 5.76 Å². The first-order valence-electron chi connectivity index (χ1n) is 3.90. The lowest BCUT2D eigenvalue weighted by molar-refractivity contribution is 0.296. The average Bonchev–Trinajstić information content (AvgIpc) is 2.34. The highest BCUT2D eigenvalue weighted by Gasteiger charge is 2.23. The third-order valence-electron chi connectivity index (χ3n) is 2.18. The molecular formula is C9H15NO. The van der Waals surface area contributed by atoms with Crippen LogP contribution in [0, 0.1) is 5.41 Å². The standard InChI is InChI=1S/C9H15NO/c1-7(9(2,3)4)8-5-10-6-11-8/h5-7H,1-4H3/t7-/m1/s1. The van der Waals surface area contributed by atoms with Crippen molar-refractivity contribution in [2.45, 2.75) is 33.6 Å². The van der Waals surface area contributed by atoms with Crippen LogP contribution in [-0.4, -0.2) is 4.98 Å². The fourth-order valence-electron chi connectivity index (χ4n) is 0.866. The van der Waals surface area contributed by atoms with Crippen molar-refractivity contribution < 1.29 is 4.42 Å². The van der Waals surface area contributed by atoms with E-state index >= 15 is 0 Å². The lowest BCUT2D eigenvalue weighted by Crippen LogP contribution is -2.14. The van der Waals surface area contributed by atoms with E-state index in [9.17, 15) is 0 Å². The second kappa shape index (κ2) is 2.68. The van der Waals surface area contributed by atoms with Gasteiger partial charge in [-0.05, 0) is 5.41 Å². The maximum absolute atomic E-state index is 5.21. The summed E-state index contributed by atoms with van der Waals surface area (Å²) in [6.07, 6.45) is 3.27. The van der Waals surface area contributed by atoms with Gasteiger partial charge in [0.15, 0.2) is 6.39 Å². The molecule has 62 valence electrons. The van der Waals surface area contributed by atoms with Crippen molar-refractivity contribution in [3.8, 4) is 0 Å². The van der Waals surface area contributed by atoms with Gasteiger partial charge in [-0.2, -0.15) is 0 Å². The lowest BCUT2D eigenvalue weighted by Gasteiger charge is -2.24. The molecule has 0 aliphatic rings. The van der Waals surface area contributed by atoms with E-state index in [4.69, 9.17) is 4.42 Å². The summed E-state index contributed by atoms with van der Waals surface area (Å²) in [6, 6.07) is 0. The first-order valence-corrected chi connectivity index (χ1v) is 3.90. The molecule has 1 heterocycles. The molecule has 0 N–H and O–H groups in total. The summed E-state index contributed by atoms with van der Waals surface area (Å²) < 4.78 is 5.21. The number of aromatic nitrogens is 1. The first-order chi connectivity index (χ1) is 5.02. The highest BCUT2D eigenvalue weighted by molar-refractivity contribution is 5.01. The molecule has 0 aliphatic heterocycles. The third-order valence-corrected chi connectivity index (χ3v) is 2.18. The summed E-state index contributed by atoms with van der Waals surface area (Å²) >= 11 is 0. The Morgan fingerprint density at radius 1 is 1.45 bits per heavy atom. The van der Waals surface area contributed by atoms with Crippen LogP contribution < -0.4 is 0 Å². The molecule has 0 saturated carbocycles. The molecule has 0 unspecified atom stereocenters. The summed E-state index contributed by atoms with van der Waals surface area (Å²) in [5.41, 5.74) is 0.250. The Labute approximate surface area is 67.6 Å². The van der Waals surface area contributed by atoms with Crippen LogP contribution in [0.5, 0.6) is 0 Å². The molecule has 0 fully saturated rings. The van der Waals surface area contributed by atoms with Gasteiger partial charge in [0.05, 0.1) is 6.20 Å². The number of nitrogens with zero attached hydrogens (tertiary/aromatic N) is 1. The molecular weight excluding hydrogens is 138 g/mol. The number of hydrogen-bond acceptors (Lipinski definition) is 2. The van der Waals surface area contributed by atoms with Crippen molar-refractivity contribution >= 4 is 0 Å². The molecule has 0 bridgehead atoms. The maximum atomic E-state index is 5.21. The summed E-state index contributed by atoms with van der Waals surface area (Å²) in [6.45, 7) is 8.74. The SMILES string of the molecule is C[C@H](c1cnco1)C(C)(C)C. The Kier molecular flexibility index (Phi) is 2.03. The van der Waals surface area contributed by atoms with E-state index in [1.165, 1.54) is 6.39 Å². The molecule has 1 atom stereocenters. The maximum Gasteiger partial charge on any atom is 0.180 e. The summed E-state index contributed by atoms with van der Waals surface area (Å²) in [5.74, 6) is 1.39. The predicted molar refractivity (Wildman–Crippen MR) is 44.4 cm³/mol. The second-order valence-corrected chi connectivity index (χ2v) is 3.99. The van der Waals surface area contributed by atoms with Crippen LogP contribution in [0.2, 0.25) is 0 Å². The highest BCUT2D eigenvalue weighted by Crippen LogP contribution is 2.33. The molecule has 0 amide bonds. The van der Waals surface area contributed by atoms with E-state index in [2.05, 4.69) is 32.7 Å². The van der Waals surface area contributed by atoms with Crippen LogP contribution in [0.3, 0.4) is 0 Å². The first kappa shape index (κ1) is 8.31. The monoisotopic (exact) mass is 153 g/mol. The van der Waals surface area contributed by atoms with Gasteiger partial charge in [-0.1, -0.05) is 27.7 Å². The van der Waals surface area contributed by atoms with Crippen molar-refractivity contribution in [2.75, 3.05) is 0 Å². The van der Waals surface area contributed by atoms with Gasteiger partial charge in [0.2, 0.25) is 0 Å². The quantitative estimate of drug-likeness (QED) is 0.620. The zero-order chi connectivity index (χ0) is 8.48. The van der Waals surface area contributed by atoms with Crippen LogP contribution in [0.25, 0.3) is 0 Å². The van der Waals surface area contributed by atoms with Crippen molar-refractivity contribution in [1.29, 1.82) is 0 Å². The van der Waals surface area contributed by atoms with Gasteiger partial charge in [0, 0.05) is 5.92 Å². The minimum Gasteiger partial charge on any atom is -0.448 e. The summed E-state index contributed by atoms with van der Waals surface area (Å²) in [5, 5.41) is 0. The van der Waals surface area contributed by atoms with Crippen LogP contribution in [-0.2, 0) is 0 Å². The lowest BCUT2D eigenvalue weighted by atomic mass is 9.81. The van der Waals surface area contributed by atoms with Crippen molar-refractivity contribution in [3.63, 3.8) is 0 Å². The fraction of sp³-hybridized carbons (Fsp3) is 0.667. The number of hydrogen-bond donors (Lipinski definition) is 0. The fourth-order valence-corrected chi connectivity index (χ4v) is 0.866. The van der Waals surface area contributed by atoms with Crippen molar-refractivity contribution in [2.24, 2.45) is 5.41 Å². The largest absolute Gasteiger partial charge is 0.448 e. The molecule has 2 nitrogen and oxygen atoms in total. The van der Waals surface area contributed by atoms with Crippen LogP contribution >= 0.6 is 0 Å². The summed E-state index contributed by atoms with van der Waals surface area (Å²) in [7, 11) is 0. The van der Waals surface area contributed by atoms with E-state index in [-0.39, 0.29) is 5.41 Å². The average molecular weight is 153 g/mol. The molecule has 0 radical (unpaired) electrons. The van der Waals surface area contributed by atoms with Gasteiger partial charge < -0.3 is 4.42 Å².